The molecule has 1 fully saturated rings. The summed E-state index contributed by atoms with van der Waals surface area (Å²) in [5.74, 6) is -0.466. The Bertz CT molecular complexity index is 978. The smallest absolute Gasteiger partial charge is 0.238 e. The molecule has 1 atom stereocenters. The molecule has 0 bridgehead atoms. The van der Waals surface area contributed by atoms with Crippen molar-refractivity contribution in [3.8, 4) is 0 Å². The Morgan fingerprint density at radius 2 is 1.94 bits per heavy atom. The van der Waals surface area contributed by atoms with Gasteiger partial charge in [-0.05, 0) is 50.3 Å². The van der Waals surface area contributed by atoms with E-state index in [1.807, 2.05) is 13.0 Å². The van der Waals surface area contributed by atoms with Gasteiger partial charge < -0.3 is 10.6 Å². The van der Waals surface area contributed by atoms with Gasteiger partial charge in [0.2, 0.25) is 15.9 Å². The first-order valence-corrected chi connectivity index (χ1v) is 12.4. The van der Waals surface area contributed by atoms with E-state index in [9.17, 15) is 17.6 Å². The van der Waals surface area contributed by atoms with Gasteiger partial charge in [0.15, 0.2) is 0 Å². The van der Waals surface area contributed by atoms with E-state index in [2.05, 4.69) is 15.4 Å². The van der Waals surface area contributed by atoms with Crippen molar-refractivity contribution in [1.29, 1.82) is 0 Å². The molecule has 3 aliphatic rings. The lowest BCUT2D eigenvalue weighted by molar-refractivity contribution is -0.126. The van der Waals surface area contributed by atoms with Gasteiger partial charge in [0, 0.05) is 18.4 Å². The van der Waals surface area contributed by atoms with Crippen LogP contribution in [-0.2, 0) is 14.8 Å². The van der Waals surface area contributed by atoms with Crippen LogP contribution in [0.1, 0.15) is 39.0 Å². The lowest BCUT2D eigenvalue weighted by Gasteiger charge is -2.29. The van der Waals surface area contributed by atoms with Crippen LogP contribution in [-0.4, -0.2) is 33.0 Å². The maximum absolute atomic E-state index is 13.4. The van der Waals surface area contributed by atoms with Crippen molar-refractivity contribution >= 4 is 39.1 Å². The molecule has 3 rings (SSSR count). The number of carbonyl (C=O) groups is 1. The largest absolute Gasteiger partial charge is 0.370 e. The first-order chi connectivity index (χ1) is 14.7. The molecule has 6 nitrogen and oxygen atoms in total. The predicted octanol–water partition coefficient (Wildman–Crippen LogP) is 3.84. The quantitative estimate of drug-likeness (QED) is 0.494. The van der Waals surface area contributed by atoms with E-state index < -0.39 is 10.0 Å². The molecular formula is C21H26Cl2FN3O3S. The summed E-state index contributed by atoms with van der Waals surface area (Å²) in [7, 11) is -3.70. The predicted molar refractivity (Wildman–Crippen MR) is 121 cm³/mol. The third kappa shape index (κ3) is 6.44. The van der Waals surface area contributed by atoms with E-state index in [1.54, 1.807) is 12.2 Å². The van der Waals surface area contributed by atoms with Crippen LogP contribution < -0.4 is 15.4 Å². The zero-order valence-corrected chi connectivity index (χ0v) is 19.5. The minimum absolute atomic E-state index is 0.0671. The number of nitrogens with one attached hydrogen (secondary N) is 3. The molecule has 1 aliphatic heterocycles. The molecule has 0 spiro atoms. The second-order valence-corrected chi connectivity index (χ2v) is 10.5. The van der Waals surface area contributed by atoms with Crippen LogP contribution in [0.2, 0.25) is 0 Å². The zero-order valence-electron chi connectivity index (χ0n) is 17.1. The Hall–Kier alpha value is -1.61. The van der Waals surface area contributed by atoms with Gasteiger partial charge in [0.05, 0.1) is 22.5 Å². The average Bonchev–Trinajstić information content (AvgIpc) is 2.94. The summed E-state index contributed by atoms with van der Waals surface area (Å²) in [6, 6.07) is -0.481. The lowest BCUT2D eigenvalue weighted by atomic mass is 9.85. The number of allylic oxidation sites excluding steroid dienone is 6. The molecule has 170 valence electrons. The molecule has 3 N–H and O–H groups in total. The monoisotopic (exact) mass is 489 g/mol. The van der Waals surface area contributed by atoms with Gasteiger partial charge in [-0.15, -0.1) is 0 Å². The van der Waals surface area contributed by atoms with Crippen molar-refractivity contribution in [3.63, 3.8) is 0 Å². The van der Waals surface area contributed by atoms with Gasteiger partial charge in [-0.2, -0.15) is 0 Å². The van der Waals surface area contributed by atoms with Crippen LogP contribution in [0.25, 0.3) is 0 Å². The van der Waals surface area contributed by atoms with E-state index in [0.717, 1.165) is 5.57 Å². The first-order valence-electron chi connectivity index (χ1n) is 10.2. The minimum Gasteiger partial charge on any atom is -0.370 e. The topological polar surface area (TPSA) is 87.3 Å². The second-order valence-electron chi connectivity index (χ2n) is 7.91. The highest BCUT2D eigenvalue weighted by Gasteiger charge is 2.31. The van der Waals surface area contributed by atoms with Gasteiger partial charge in [-0.3, -0.25) is 4.79 Å². The van der Waals surface area contributed by atoms with Crippen molar-refractivity contribution in [2.24, 2.45) is 5.92 Å². The van der Waals surface area contributed by atoms with E-state index >= 15 is 0 Å². The van der Waals surface area contributed by atoms with Crippen LogP contribution in [0.3, 0.4) is 0 Å². The van der Waals surface area contributed by atoms with Gasteiger partial charge in [-0.25, -0.2) is 17.5 Å². The normalized spacial score (nSPS) is 25.6. The first kappa shape index (κ1) is 24.0. The Labute approximate surface area is 192 Å². The summed E-state index contributed by atoms with van der Waals surface area (Å²) < 4.78 is 41.3. The summed E-state index contributed by atoms with van der Waals surface area (Å²) >= 11 is 11.8. The van der Waals surface area contributed by atoms with Crippen molar-refractivity contribution in [2.75, 3.05) is 6.54 Å². The van der Waals surface area contributed by atoms with Crippen LogP contribution >= 0.6 is 23.2 Å². The van der Waals surface area contributed by atoms with Crippen LogP contribution in [0.4, 0.5) is 4.39 Å². The number of sulfonamides is 1. The highest BCUT2D eigenvalue weighted by molar-refractivity contribution is 7.93. The fourth-order valence-corrected chi connectivity index (χ4v) is 5.51. The summed E-state index contributed by atoms with van der Waals surface area (Å²) in [6.07, 6.45) is 10.5. The molecule has 0 radical (unpaired) electrons. The molecule has 0 aromatic rings. The minimum atomic E-state index is -3.70. The number of halogens is 3. The summed E-state index contributed by atoms with van der Waals surface area (Å²) in [5, 5.41) is 6.10. The zero-order chi connectivity index (χ0) is 22.6. The van der Waals surface area contributed by atoms with E-state index in [4.69, 9.17) is 23.2 Å². The molecule has 2 aliphatic carbocycles. The number of amides is 1. The van der Waals surface area contributed by atoms with Gasteiger partial charge in [-0.1, -0.05) is 41.4 Å². The Morgan fingerprint density at radius 3 is 2.61 bits per heavy atom. The SMILES string of the molecule is C[C@@H](NC(=O)C1CCC(NS(=O)(=O)C2=CC(Cl)=C(Cl)NC2)CC1)C1=CC=C(F)CC=C1. The molecule has 0 saturated heterocycles. The van der Waals surface area contributed by atoms with Crippen LogP contribution in [0.15, 0.2) is 56.9 Å². The van der Waals surface area contributed by atoms with Crippen molar-refractivity contribution in [1.82, 2.24) is 15.4 Å². The highest BCUT2D eigenvalue weighted by atomic mass is 35.5. The Kier molecular flexibility index (Phi) is 8.02. The number of rotatable bonds is 6. The maximum Gasteiger partial charge on any atom is 0.238 e. The Morgan fingerprint density at radius 1 is 1.23 bits per heavy atom. The lowest BCUT2D eigenvalue weighted by Crippen LogP contribution is -2.43. The molecular weight excluding hydrogens is 464 g/mol. The molecule has 0 aromatic carbocycles. The van der Waals surface area contributed by atoms with E-state index in [-0.39, 0.29) is 57.8 Å². The van der Waals surface area contributed by atoms with Crippen LogP contribution in [0, 0.1) is 5.92 Å². The summed E-state index contributed by atoms with van der Waals surface area (Å²) in [5.41, 5.74) is 0.838. The molecule has 1 amide bonds. The van der Waals surface area contributed by atoms with Crippen molar-refractivity contribution < 1.29 is 17.6 Å². The standard InChI is InChI=1S/C21H26Cl2FN3O3S/c1-13(14-3-2-4-16(24)8-5-14)26-21(28)15-6-9-17(10-7-15)27-31(29,30)18-11-19(22)20(23)25-12-18/h2-3,5,8,11,13,15,17,25,27H,4,6-7,9-10,12H2,1H3,(H,26,28)/t13-,15?,17?/m1/s1. The average molecular weight is 490 g/mol. The number of hydrogen-bond donors (Lipinski definition) is 3. The van der Waals surface area contributed by atoms with Crippen LogP contribution in [0.5, 0.6) is 0 Å². The highest BCUT2D eigenvalue weighted by Crippen LogP contribution is 2.27. The number of dihydropyridines is 1. The number of hydrogen-bond acceptors (Lipinski definition) is 4. The van der Waals surface area contributed by atoms with Gasteiger partial charge in [0.25, 0.3) is 0 Å². The molecule has 1 saturated carbocycles. The van der Waals surface area contributed by atoms with E-state index in [1.165, 1.54) is 12.2 Å². The third-order valence-electron chi connectivity index (χ3n) is 5.62. The summed E-state index contributed by atoms with van der Waals surface area (Å²) in [4.78, 5) is 12.8. The third-order valence-corrected chi connectivity index (χ3v) is 7.95. The second kappa shape index (κ2) is 10.3. The maximum atomic E-state index is 13.4. The molecule has 10 heteroatoms. The molecule has 1 heterocycles. The van der Waals surface area contributed by atoms with Crippen molar-refractivity contribution in [3.05, 3.63) is 56.9 Å². The summed E-state index contributed by atoms with van der Waals surface area (Å²) in [6.45, 7) is 1.94. The van der Waals surface area contributed by atoms with Gasteiger partial charge >= 0.3 is 0 Å². The Balaban J connectivity index is 1.51. The fraction of sp³-hybridized carbons (Fsp3) is 0.476. The number of carbonyl (C=O) groups excluding carboxylic acids is 1. The van der Waals surface area contributed by atoms with Gasteiger partial charge in [0.1, 0.15) is 11.0 Å². The molecule has 0 unspecified atom stereocenters. The fourth-order valence-electron chi connectivity index (χ4n) is 3.77. The van der Waals surface area contributed by atoms with E-state index in [0.29, 0.717) is 25.7 Å². The molecule has 0 aromatic heterocycles. The molecule has 31 heavy (non-hydrogen) atoms. The van der Waals surface area contributed by atoms with Crippen molar-refractivity contribution in [2.45, 2.75) is 51.1 Å².